The van der Waals surface area contributed by atoms with E-state index in [1.165, 1.54) is 32.1 Å². The summed E-state index contributed by atoms with van der Waals surface area (Å²) in [6.07, 6.45) is 7.00. The molecule has 1 fully saturated rings. The van der Waals surface area contributed by atoms with Gasteiger partial charge >= 0.3 is 0 Å². The molecule has 0 saturated heterocycles. The fourth-order valence-corrected chi connectivity index (χ4v) is 1.89. The summed E-state index contributed by atoms with van der Waals surface area (Å²) in [4.78, 5) is 0. The van der Waals surface area contributed by atoms with E-state index < -0.39 is 0 Å². The zero-order chi connectivity index (χ0) is 8.10. The number of ether oxygens (including phenoxy) is 1. The Hall–Kier alpha value is -0.0800. The van der Waals surface area contributed by atoms with Gasteiger partial charge in [-0.25, -0.2) is 0 Å². The van der Waals surface area contributed by atoms with E-state index >= 15 is 0 Å². The van der Waals surface area contributed by atoms with E-state index in [0.29, 0.717) is 12.1 Å². The van der Waals surface area contributed by atoms with Crippen LogP contribution in [0.2, 0.25) is 0 Å². The van der Waals surface area contributed by atoms with Gasteiger partial charge in [0.15, 0.2) is 0 Å². The first-order valence-corrected chi connectivity index (χ1v) is 4.58. The van der Waals surface area contributed by atoms with Crippen LogP contribution in [0.4, 0.5) is 0 Å². The van der Waals surface area contributed by atoms with Gasteiger partial charge in [0.1, 0.15) is 0 Å². The number of hydrogen-bond acceptors (Lipinski definition) is 2. The number of rotatable bonds is 2. The van der Waals surface area contributed by atoms with Crippen molar-refractivity contribution in [2.24, 2.45) is 0 Å². The Labute approximate surface area is 69.3 Å². The van der Waals surface area contributed by atoms with Crippen LogP contribution < -0.4 is 5.32 Å². The van der Waals surface area contributed by atoms with Crippen LogP contribution in [0.5, 0.6) is 0 Å². The van der Waals surface area contributed by atoms with Crippen LogP contribution in [-0.4, -0.2) is 26.3 Å². The maximum Gasteiger partial charge on any atom is 0.0724 e. The van der Waals surface area contributed by atoms with Gasteiger partial charge in [-0.05, 0) is 19.9 Å². The minimum Gasteiger partial charge on any atom is -0.380 e. The quantitative estimate of drug-likeness (QED) is 0.614. The molecule has 0 amide bonds. The summed E-state index contributed by atoms with van der Waals surface area (Å²) in [5, 5.41) is 3.32. The van der Waals surface area contributed by atoms with Crippen LogP contribution in [0.3, 0.4) is 0 Å². The molecular formula is C9H19NO. The molecule has 1 rings (SSSR count). The third-order valence-corrected chi connectivity index (χ3v) is 2.63. The second-order valence-electron chi connectivity index (χ2n) is 3.31. The molecule has 1 saturated carbocycles. The predicted octanol–water partition coefficient (Wildman–Crippen LogP) is 1.55. The van der Waals surface area contributed by atoms with Gasteiger partial charge in [-0.2, -0.15) is 0 Å². The Bertz CT molecular complexity index is 93.7. The Morgan fingerprint density at radius 3 is 2.55 bits per heavy atom. The fraction of sp³-hybridized carbons (Fsp3) is 1.00. The molecule has 0 heterocycles. The minimum atomic E-state index is 0.447. The monoisotopic (exact) mass is 157 g/mol. The van der Waals surface area contributed by atoms with Crippen molar-refractivity contribution in [1.82, 2.24) is 5.32 Å². The summed E-state index contributed by atoms with van der Waals surface area (Å²) < 4.78 is 5.41. The second kappa shape index (κ2) is 4.73. The zero-order valence-electron chi connectivity index (χ0n) is 7.60. The molecule has 1 aliphatic rings. The lowest BCUT2D eigenvalue weighted by Gasteiger charge is -2.22. The van der Waals surface area contributed by atoms with Crippen molar-refractivity contribution in [1.29, 1.82) is 0 Å². The number of likely N-dealkylation sites (N-methyl/N-ethyl adjacent to an activating group) is 1. The summed E-state index contributed by atoms with van der Waals surface area (Å²) in [5.41, 5.74) is 0. The third kappa shape index (κ3) is 2.46. The molecule has 0 spiro atoms. The summed E-state index contributed by atoms with van der Waals surface area (Å²) in [7, 11) is 3.85. The molecule has 0 radical (unpaired) electrons. The molecule has 1 unspecified atom stereocenters. The molecule has 0 aromatic rings. The molecule has 1 N–H and O–H groups in total. The lowest BCUT2D eigenvalue weighted by Crippen LogP contribution is -2.37. The molecule has 2 heteroatoms. The smallest absolute Gasteiger partial charge is 0.0724 e. The van der Waals surface area contributed by atoms with Crippen molar-refractivity contribution in [3.8, 4) is 0 Å². The highest BCUT2D eigenvalue weighted by atomic mass is 16.5. The van der Waals surface area contributed by atoms with Crippen molar-refractivity contribution in [2.75, 3.05) is 14.2 Å². The van der Waals surface area contributed by atoms with Gasteiger partial charge in [0.2, 0.25) is 0 Å². The van der Waals surface area contributed by atoms with Crippen molar-refractivity contribution in [3.63, 3.8) is 0 Å². The van der Waals surface area contributed by atoms with E-state index in [2.05, 4.69) is 5.32 Å². The van der Waals surface area contributed by atoms with Gasteiger partial charge in [0.25, 0.3) is 0 Å². The van der Waals surface area contributed by atoms with Crippen molar-refractivity contribution in [3.05, 3.63) is 0 Å². The SMILES string of the molecule is CN[C@@H]1CCCCCC1OC. The summed E-state index contributed by atoms with van der Waals surface area (Å²) in [5.74, 6) is 0. The molecule has 11 heavy (non-hydrogen) atoms. The Kier molecular flexibility index (Phi) is 3.87. The largest absolute Gasteiger partial charge is 0.380 e. The van der Waals surface area contributed by atoms with Crippen LogP contribution >= 0.6 is 0 Å². The Morgan fingerprint density at radius 1 is 1.18 bits per heavy atom. The standard InChI is InChI=1S/C9H19NO/c1-10-8-6-4-3-5-7-9(8)11-2/h8-10H,3-7H2,1-2H3/t8-,9?/m1/s1. The summed E-state index contributed by atoms with van der Waals surface area (Å²) in [6.45, 7) is 0. The zero-order valence-corrected chi connectivity index (χ0v) is 7.60. The van der Waals surface area contributed by atoms with E-state index in [0.717, 1.165) is 0 Å². The van der Waals surface area contributed by atoms with Gasteiger partial charge < -0.3 is 10.1 Å². The molecule has 66 valence electrons. The normalized spacial score (nSPS) is 33.3. The minimum absolute atomic E-state index is 0.447. The first kappa shape index (κ1) is 9.01. The highest BCUT2D eigenvalue weighted by Crippen LogP contribution is 2.19. The first-order chi connectivity index (χ1) is 5.38. The van der Waals surface area contributed by atoms with E-state index in [1.54, 1.807) is 0 Å². The maximum absolute atomic E-state index is 5.41. The number of nitrogens with one attached hydrogen (secondary N) is 1. The highest BCUT2D eigenvalue weighted by molar-refractivity contribution is 4.78. The van der Waals surface area contributed by atoms with Crippen LogP contribution in [-0.2, 0) is 4.74 Å². The van der Waals surface area contributed by atoms with Crippen LogP contribution in [0.15, 0.2) is 0 Å². The van der Waals surface area contributed by atoms with Crippen LogP contribution in [0, 0.1) is 0 Å². The molecule has 0 aliphatic heterocycles. The van der Waals surface area contributed by atoms with Gasteiger partial charge in [-0.15, -0.1) is 0 Å². The van der Waals surface area contributed by atoms with Gasteiger partial charge in [-0.1, -0.05) is 19.3 Å². The predicted molar refractivity (Wildman–Crippen MR) is 46.7 cm³/mol. The second-order valence-corrected chi connectivity index (χ2v) is 3.31. The van der Waals surface area contributed by atoms with Crippen molar-refractivity contribution in [2.45, 2.75) is 44.2 Å². The summed E-state index contributed by atoms with van der Waals surface area (Å²) >= 11 is 0. The fourth-order valence-electron chi connectivity index (χ4n) is 1.89. The van der Waals surface area contributed by atoms with Crippen molar-refractivity contribution < 1.29 is 4.74 Å². The number of hydrogen-bond donors (Lipinski definition) is 1. The summed E-state index contributed by atoms with van der Waals surface area (Å²) in [6, 6.07) is 0.586. The van der Waals surface area contributed by atoms with Crippen LogP contribution in [0.1, 0.15) is 32.1 Å². The Balaban J connectivity index is 2.41. The number of methoxy groups -OCH3 is 1. The third-order valence-electron chi connectivity index (χ3n) is 2.63. The van der Waals surface area contributed by atoms with E-state index in [4.69, 9.17) is 4.74 Å². The lowest BCUT2D eigenvalue weighted by atomic mass is 10.1. The topological polar surface area (TPSA) is 21.3 Å². The van der Waals surface area contributed by atoms with Gasteiger partial charge in [0, 0.05) is 13.2 Å². The molecule has 0 aromatic carbocycles. The average Bonchev–Trinajstić information content (AvgIpc) is 2.27. The maximum atomic E-state index is 5.41. The molecule has 0 bridgehead atoms. The average molecular weight is 157 g/mol. The molecule has 0 aromatic heterocycles. The molecule has 2 nitrogen and oxygen atoms in total. The van der Waals surface area contributed by atoms with E-state index in [-0.39, 0.29) is 0 Å². The molecular weight excluding hydrogens is 138 g/mol. The van der Waals surface area contributed by atoms with E-state index in [9.17, 15) is 0 Å². The molecule has 1 aliphatic carbocycles. The highest BCUT2D eigenvalue weighted by Gasteiger charge is 2.21. The molecule has 2 atom stereocenters. The Morgan fingerprint density at radius 2 is 1.91 bits per heavy atom. The van der Waals surface area contributed by atoms with Crippen molar-refractivity contribution >= 4 is 0 Å². The van der Waals surface area contributed by atoms with Gasteiger partial charge in [-0.3, -0.25) is 0 Å². The van der Waals surface area contributed by atoms with Crippen LogP contribution in [0.25, 0.3) is 0 Å². The first-order valence-electron chi connectivity index (χ1n) is 4.58. The van der Waals surface area contributed by atoms with E-state index in [1.807, 2.05) is 14.2 Å². The van der Waals surface area contributed by atoms with Gasteiger partial charge in [0.05, 0.1) is 6.10 Å². The lowest BCUT2D eigenvalue weighted by molar-refractivity contribution is 0.0657.